The first-order valence-electron chi connectivity index (χ1n) is 11.0. The van der Waals surface area contributed by atoms with Crippen molar-refractivity contribution in [1.82, 2.24) is 25.1 Å². The van der Waals surface area contributed by atoms with Gasteiger partial charge in [0.1, 0.15) is 11.2 Å². The summed E-state index contributed by atoms with van der Waals surface area (Å²) in [5, 5.41) is 17.2. The highest BCUT2D eigenvalue weighted by Crippen LogP contribution is 2.33. The Labute approximate surface area is 189 Å². The molecule has 1 amide bonds. The summed E-state index contributed by atoms with van der Waals surface area (Å²) in [6, 6.07) is 6.07. The molecule has 4 aromatic heterocycles. The zero-order chi connectivity index (χ0) is 22.9. The molecule has 0 radical (unpaired) electrons. The molecule has 1 aliphatic carbocycles. The van der Waals surface area contributed by atoms with Gasteiger partial charge in [-0.3, -0.25) is 14.5 Å². The quantitative estimate of drug-likeness (QED) is 0.481. The Kier molecular flexibility index (Phi) is 5.63. The number of fused-ring (bicyclic) bond motifs is 1. The number of aliphatic hydroxyl groups excluding tert-OH is 1. The predicted molar refractivity (Wildman–Crippen MR) is 119 cm³/mol. The van der Waals surface area contributed by atoms with E-state index in [-0.39, 0.29) is 22.9 Å². The van der Waals surface area contributed by atoms with E-state index in [4.69, 9.17) is 4.42 Å². The second kappa shape index (κ2) is 8.74. The van der Waals surface area contributed by atoms with Crippen LogP contribution >= 0.6 is 0 Å². The maximum Gasteiger partial charge on any atom is 0.270 e. The number of aryl methyl sites for hydroxylation is 1. The second-order valence-corrected chi connectivity index (χ2v) is 8.41. The van der Waals surface area contributed by atoms with Crippen molar-refractivity contribution >= 4 is 17.0 Å². The Balaban J connectivity index is 1.43. The Hall–Kier alpha value is -3.59. The highest BCUT2D eigenvalue weighted by Gasteiger charge is 2.27. The lowest BCUT2D eigenvalue weighted by molar-refractivity contribution is 0.0714. The summed E-state index contributed by atoms with van der Waals surface area (Å²) in [6.07, 6.45) is 7.50. The number of halogens is 1. The number of rotatable bonds is 5. The maximum atomic E-state index is 15.7. The molecule has 1 fully saturated rings. The van der Waals surface area contributed by atoms with Gasteiger partial charge in [0, 0.05) is 42.2 Å². The van der Waals surface area contributed by atoms with Crippen molar-refractivity contribution in [3.63, 3.8) is 0 Å². The van der Waals surface area contributed by atoms with Crippen molar-refractivity contribution in [2.24, 2.45) is 7.05 Å². The number of nitrogens with zero attached hydrogens (tertiary/aromatic N) is 4. The Morgan fingerprint density at radius 3 is 2.85 bits per heavy atom. The fourth-order valence-electron chi connectivity index (χ4n) is 4.27. The number of carbonyl (C=O) groups excluding carboxylic acids is 1. The smallest absolute Gasteiger partial charge is 0.270 e. The van der Waals surface area contributed by atoms with E-state index in [0.29, 0.717) is 29.6 Å². The van der Waals surface area contributed by atoms with Crippen LogP contribution < -0.4 is 5.32 Å². The Morgan fingerprint density at radius 2 is 2.12 bits per heavy atom. The molecule has 1 saturated carbocycles. The normalized spacial score (nSPS) is 19.5. The number of furan rings is 1. The molecule has 0 aromatic carbocycles. The maximum absolute atomic E-state index is 15.7. The fourth-order valence-corrected chi connectivity index (χ4v) is 4.27. The summed E-state index contributed by atoms with van der Waals surface area (Å²) in [4.78, 5) is 21.6. The van der Waals surface area contributed by atoms with Gasteiger partial charge in [0.25, 0.3) is 5.91 Å². The number of carbonyl (C=O) groups is 1. The summed E-state index contributed by atoms with van der Waals surface area (Å²) in [7, 11) is 1.82. The molecule has 4 heterocycles. The third kappa shape index (κ3) is 4.23. The van der Waals surface area contributed by atoms with Crippen LogP contribution in [0.3, 0.4) is 0 Å². The van der Waals surface area contributed by atoms with Gasteiger partial charge < -0.3 is 14.8 Å². The molecule has 5 rings (SSSR count). The number of pyridine rings is 2. The molecule has 1 unspecified atom stereocenters. The monoisotopic (exact) mass is 449 g/mol. The number of aromatic nitrogens is 4. The van der Waals surface area contributed by atoms with Gasteiger partial charge in [-0.2, -0.15) is 5.10 Å². The molecular formula is C24H24FN5O3. The van der Waals surface area contributed by atoms with Crippen LogP contribution in [0.5, 0.6) is 0 Å². The van der Waals surface area contributed by atoms with Crippen LogP contribution in [0.25, 0.3) is 22.4 Å². The van der Waals surface area contributed by atoms with Crippen molar-refractivity contribution < 1.29 is 18.7 Å². The van der Waals surface area contributed by atoms with Gasteiger partial charge in [0.2, 0.25) is 0 Å². The lowest BCUT2D eigenvalue weighted by Gasteiger charge is -2.28. The average Bonchev–Trinajstić information content (AvgIpc) is 3.48. The molecule has 8 nitrogen and oxygen atoms in total. The van der Waals surface area contributed by atoms with Crippen molar-refractivity contribution in [2.75, 3.05) is 0 Å². The van der Waals surface area contributed by atoms with E-state index in [1.807, 2.05) is 13.2 Å². The van der Waals surface area contributed by atoms with Crippen LogP contribution in [0, 0.1) is 0 Å². The molecule has 9 heteroatoms. The number of hydrogen-bond donors (Lipinski definition) is 2. The SMILES string of the molecule is Cn1cc(-c2ccc(C(F)c3cc(C(=O)N[C@H]4CCCC[C@@H]4O)nc4ccoc34)cn2)cn1. The summed E-state index contributed by atoms with van der Waals surface area (Å²) in [6.45, 7) is 0. The molecule has 0 bridgehead atoms. The van der Waals surface area contributed by atoms with Gasteiger partial charge in [-0.25, -0.2) is 9.37 Å². The first-order valence-corrected chi connectivity index (χ1v) is 11.0. The van der Waals surface area contributed by atoms with Crippen LogP contribution in [0.4, 0.5) is 4.39 Å². The Morgan fingerprint density at radius 1 is 1.27 bits per heavy atom. The molecule has 4 aromatic rings. The molecule has 170 valence electrons. The number of alkyl halides is 1. The summed E-state index contributed by atoms with van der Waals surface area (Å²) < 4.78 is 22.8. The third-order valence-corrected chi connectivity index (χ3v) is 6.07. The summed E-state index contributed by atoms with van der Waals surface area (Å²) in [5.41, 5.74) is 2.82. The second-order valence-electron chi connectivity index (χ2n) is 8.41. The number of hydrogen-bond acceptors (Lipinski definition) is 6. The minimum atomic E-state index is -1.57. The number of amides is 1. The van der Waals surface area contributed by atoms with E-state index in [0.717, 1.165) is 18.4 Å². The van der Waals surface area contributed by atoms with Gasteiger partial charge in [-0.15, -0.1) is 0 Å². The number of aliphatic hydroxyl groups is 1. The predicted octanol–water partition coefficient (Wildman–Crippen LogP) is 3.72. The molecule has 0 spiro atoms. The lowest BCUT2D eigenvalue weighted by Crippen LogP contribution is -2.45. The summed E-state index contributed by atoms with van der Waals surface area (Å²) >= 11 is 0. The van der Waals surface area contributed by atoms with Crippen molar-refractivity contribution in [2.45, 2.75) is 44.0 Å². The fraction of sp³-hybridized carbons (Fsp3) is 0.333. The molecule has 1 aliphatic rings. The molecule has 0 saturated heterocycles. The topological polar surface area (TPSA) is 106 Å². The first kappa shape index (κ1) is 21.3. The van der Waals surface area contributed by atoms with Crippen LogP contribution in [-0.4, -0.2) is 42.9 Å². The van der Waals surface area contributed by atoms with Gasteiger partial charge in [0.15, 0.2) is 11.8 Å². The molecule has 3 atom stereocenters. The van der Waals surface area contributed by atoms with E-state index >= 15 is 4.39 Å². The summed E-state index contributed by atoms with van der Waals surface area (Å²) in [5.74, 6) is -0.442. The highest BCUT2D eigenvalue weighted by atomic mass is 19.1. The highest BCUT2D eigenvalue weighted by molar-refractivity contribution is 5.95. The molecule has 0 aliphatic heterocycles. The minimum Gasteiger partial charge on any atom is -0.462 e. The van der Waals surface area contributed by atoms with Gasteiger partial charge >= 0.3 is 0 Å². The van der Waals surface area contributed by atoms with Crippen molar-refractivity contribution in [3.8, 4) is 11.3 Å². The molecule has 33 heavy (non-hydrogen) atoms. The third-order valence-electron chi connectivity index (χ3n) is 6.07. The first-order chi connectivity index (χ1) is 16.0. The van der Waals surface area contributed by atoms with Gasteiger partial charge in [-0.1, -0.05) is 18.9 Å². The van der Waals surface area contributed by atoms with Gasteiger partial charge in [0.05, 0.1) is 30.3 Å². The van der Waals surface area contributed by atoms with Crippen LogP contribution in [0.1, 0.15) is 53.5 Å². The van der Waals surface area contributed by atoms with E-state index in [1.54, 1.807) is 29.1 Å². The lowest BCUT2D eigenvalue weighted by atomic mass is 9.92. The largest absolute Gasteiger partial charge is 0.462 e. The van der Waals surface area contributed by atoms with Crippen LogP contribution in [-0.2, 0) is 7.05 Å². The van der Waals surface area contributed by atoms with E-state index in [9.17, 15) is 9.90 Å². The van der Waals surface area contributed by atoms with E-state index in [1.165, 1.54) is 18.5 Å². The van der Waals surface area contributed by atoms with Gasteiger partial charge in [-0.05, 0) is 25.0 Å². The zero-order valence-corrected chi connectivity index (χ0v) is 18.1. The van der Waals surface area contributed by atoms with Crippen molar-refractivity contribution in [3.05, 3.63) is 65.9 Å². The average molecular weight is 449 g/mol. The van der Waals surface area contributed by atoms with Crippen LogP contribution in [0.2, 0.25) is 0 Å². The zero-order valence-electron chi connectivity index (χ0n) is 18.1. The standard InChI is InChI=1S/C24H24FN5O3/c1-30-13-15(12-27-30)17-7-6-14(11-26-17)22(25)16-10-20(28-19-8-9-33-23(16)19)24(32)29-18-4-2-3-5-21(18)31/h6-13,18,21-22,31H,2-5H2,1H3,(H,29,32)/t18-,21-,22?/m0/s1. The number of nitrogens with one attached hydrogen (secondary N) is 1. The van der Waals surface area contributed by atoms with Crippen LogP contribution in [0.15, 0.2) is 53.5 Å². The minimum absolute atomic E-state index is 0.0827. The molecule has 2 N–H and O–H groups in total. The molecular weight excluding hydrogens is 425 g/mol. The van der Waals surface area contributed by atoms with E-state index < -0.39 is 18.2 Å². The van der Waals surface area contributed by atoms with E-state index in [2.05, 4.69) is 20.4 Å². The van der Waals surface area contributed by atoms with Crippen molar-refractivity contribution in [1.29, 1.82) is 0 Å². The Bertz CT molecular complexity index is 1280.